The van der Waals surface area contributed by atoms with Crippen LogP contribution in [0.3, 0.4) is 0 Å². The quantitative estimate of drug-likeness (QED) is 0.387. The van der Waals surface area contributed by atoms with Crippen LogP contribution in [0.25, 0.3) is 0 Å². The first-order valence-corrected chi connectivity index (χ1v) is 5.53. The van der Waals surface area contributed by atoms with Crippen LogP contribution >= 0.6 is 23.2 Å². The predicted molar refractivity (Wildman–Crippen MR) is 67.9 cm³/mol. The van der Waals surface area contributed by atoms with Gasteiger partial charge in [-0.25, -0.2) is 0 Å². The van der Waals surface area contributed by atoms with Crippen molar-refractivity contribution >= 4 is 34.7 Å². The number of ketones is 1. The number of hydrogen-bond donors (Lipinski definition) is 1. The molecule has 0 aliphatic heterocycles. The first kappa shape index (κ1) is 12.9. The van der Waals surface area contributed by atoms with E-state index in [9.17, 15) is 4.79 Å². The molecule has 0 atom stereocenters. The molecule has 0 aliphatic rings. The fourth-order valence-corrected chi connectivity index (χ4v) is 1.73. The van der Waals surface area contributed by atoms with E-state index >= 15 is 0 Å². The average Bonchev–Trinajstić information content (AvgIpc) is 2.25. The number of anilines is 1. The summed E-state index contributed by atoms with van der Waals surface area (Å²) in [6, 6.07) is 3.06. The molecule has 2 N–H and O–H groups in total. The third kappa shape index (κ3) is 3.16. The van der Waals surface area contributed by atoms with Crippen LogP contribution in [0.5, 0.6) is 0 Å². The van der Waals surface area contributed by atoms with Crippen LogP contribution in [0.1, 0.15) is 29.6 Å². The Kier molecular flexibility index (Phi) is 4.67. The van der Waals surface area contributed by atoms with Crippen LogP contribution in [0.15, 0.2) is 12.1 Å². The van der Waals surface area contributed by atoms with Crippen molar-refractivity contribution in [1.29, 1.82) is 0 Å². The van der Waals surface area contributed by atoms with Gasteiger partial charge < -0.3 is 5.73 Å². The second-order valence-corrected chi connectivity index (χ2v) is 4.15. The van der Waals surface area contributed by atoms with Crippen molar-refractivity contribution in [1.82, 2.24) is 0 Å². The van der Waals surface area contributed by atoms with Crippen molar-refractivity contribution in [3.63, 3.8) is 0 Å². The fourth-order valence-electron chi connectivity index (χ4n) is 1.24. The maximum absolute atomic E-state index is 11.7. The smallest absolute Gasteiger partial charge is 0.163 e. The summed E-state index contributed by atoms with van der Waals surface area (Å²) in [6.45, 7) is 0. The molecular weight excluding hydrogens is 245 g/mol. The third-order valence-corrected chi connectivity index (χ3v) is 2.75. The highest BCUT2D eigenvalue weighted by atomic mass is 35.5. The van der Waals surface area contributed by atoms with Gasteiger partial charge in [0.1, 0.15) is 0 Å². The van der Waals surface area contributed by atoms with Gasteiger partial charge in [-0.15, -0.1) is 12.3 Å². The molecule has 0 heterocycles. The highest BCUT2D eigenvalue weighted by Gasteiger charge is 2.10. The second kappa shape index (κ2) is 5.79. The van der Waals surface area contributed by atoms with Crippen molar-refractivity contribution in [2.45, 2.75) is 19.3 Å². The summed E-state index contributed by atoms with van der Waals surface area (Å²) in [7, 11) is 0. The zero-order valence-electron chi connectivity index (χ0n) is 8.59. The van der Waals surface area contributed by atoms with Gasteiger partial charge >= 0.3 is 0 Å². The number of halogens is 2. The Balaban J connectivity index is 2.81. The van der Waals surface area contributed by atoms with E-state index in [2.05, 4.69) is 5.92 Å². The summed E-state index contributed by atoms with van der Waals surface area (Å²) >= 11 is 11.7. The van der Waals surface area contributed by atoms with Crippen LogP contribution in [0.2, 0.25) is 10.0 Å². The van der Waals surface area contributed by atoms with Gasteiger partial charge in [-0.1, -0.05) is 23.2 Å². The first-order valence-electron chi connectivity index (χ1n) is 4.77. The van der Waals surface area contributed by atoms with Gasteiger partial charge in [-0.05, 0) is 18.6 Å². The summed E-state index contributed by atoms with van der Waals surface area (Å²) < 4.78 is 0. The van der Waals surface area contributed by atoms with Crippen molar-refractivity contribution in [3.8, 4) is 12.3 Å². The van der Waals surface area contributed by atoms with Gasteiger partial charge in [0.25, 0.3) is 0 Å². The number of rotatable bonds is 4. The van der Waals surface area contributed by atoms with E-state index in [0.717, 1.165) is 0 Å². The lowest BCUT2D eigenvalue weighted by molar-refractivity contribution is 0.0980. The van der Waals surface area contributed by atoms with Gasteiger partial charge in [-0.2, -0.15) is 0 Å². The molecule has 0 bridgehead atoms. The number of benzene rings is 1. The van der Waals surface area contributed by atoms with E-state index in [0.29, 0.717) is 40.6 Å². The lowest BCUT2D eigenvalue weighted by Gasteiger charge is -2.05. The molecule has 0 radical (unpaired) electrons. The molecular formula is C12H11Cl2NO. The molecule has 2 nitrogen and oxygen atoms in total. The third-order valence-electron chi connectivity index (χ3n) is 2.13. The SMILES string of the molecule is C#CCCCC(=O)c1cc(Cl)c(N)c(Cl)c1. The van der Waals surface area contributed by atoms with Gasteiger partial charge in [-0.3, -0.25) is 4.79 Å². The number of carbonyl (C=O) groups is 1. The Morgan fingerprint density at radius 3 is 2.44 bits per heavy atom. The van der Waals surface area contributed by atoms with E-state index in [1.165, 1.54) is 12.1 Å². The number of carbonyl (C=O) groups excluding carboxylic acids is 1. The molecule has 84 valence electrons. The molecule has 1 aromatic carbocycles. The molecule has 4 heteroatoms. The average molecular weight is 256 g/mol. The van der Waals surface area contributed by atoms with Crippen molar-refractivity contribution < 1.29 is 4.79 Å². The van der Waals surface area contributed by atoms with E-state index in [1.807, 2.05) is 0 Å². The zero-order chi connectivity index (χ0) is 12.1. The summed E-state index contributed by atoms with van der Waals surface area (Å²) in [5, 5.41) is 0.598. The molecule has 1 rings (SSSR count). The maximum Gasteiger partial charge on any atom is 0.163 e. The molecule has 16 heavy (non-hydrogen) atoms. The van der Waals surface area contributed by atoms with Crippen LogP contribution in [-0.2, 0) is 0 Å². The van der Waals surface area contributed by atoms with Crippen molar-refractivity contribution in [2.24, 2.45) is 0 Å². The Morgan fingerprint density at radius 2 is 1.94 bits per heavy atom. The molecule has 0 aromatic heterocycles. The lowest BCUT2D eigenvalue weighted by atomic mass is 10.1. The van der Waals surface area contributed by atoms with Gasteiger partial charge in [0, 0.05) is 18.4 Å². The zero-order valence-corrected chi connectivity index (χ0v) is 10.1. The Bertz CT molecular complexity index is 426. The largest absolute Gasteiger partial charge is 0.396 e. The number of terminal acetylenes is 1. The van der Waals surface area contributed by atoms with Crippen LogP contribution < -0.4 is 5.73 Å². The Labute approximate surface area is 105 Å². The molecule has 0 unspecified atom stereocenters. The van der Waals surface area contributed by atoms with Gasteiger partial charge in [0.15, 0.2) is 5.78 Å². The fraction of sp³-hybridized carbons (Fsp3) is 0.250. The van der Waals surface area contributed by atoms with E-state index < -0.39 is 0 Å². The van der Waals surface area contributed by atoms with E-state index in [1.54, 1.807) is 0 Å². The standard InChI is InChI=1S/C12H11Cl2NO/c1-2-3-4-5-11(16)8-6-9(13)12(15)10(14)7-8/h1,6-7H,3-5,15H2. The number of nitrogen functional groups attached to an aromatic ring is 1. The minimum Gasteiger partial charge on any atom is -0.396 e. The van der Waals surface area contributed by atoms with Gasteiger partial charge in [0.2, 0.25) is 0 Å². The monoisotopic (exact) mass is 255 g/mol. The predicted octanol–water partition coefficient (Wildman–Crippen LogP) is 3.56. The number of Topliss-reactive ketones (excluding diaryl/α,β-unsaturated/α-hetero) is 1. The van der Waals surface area contributed by atoms with E-state index in [-0.39, 0.29) is 5.78 Å². The molecule has 0 amide bonds. The van der Waals surface area contributed by atoms with Gasteiger partial charge in [0.05, 0.1) is 15.7 Å². The van der Waals surface area contributed by atoms with Crippen LogP contribution in [-0.4, -0.2) is 5.78 Å². The highest BCUT2D eigenvalue weighted by Crippen LogP contribution is 2.29. The Morgan fingerprint density at radius 1 is 1.38 bits per heavy atom. The lowest BCUT2D eigenvalue weighted by Crippen LogP contribution is -2.00. The molecule has 0 saturated heterocycles. The normalized spacial score (nSPS) is 9.81. The highest BCUT2D eigenvalue weighted by molar-refractivity contribution is 6.39. The van der Waals surface area contributed by atoms with Crippen molar-refractivity contribution in [2.75, 3.05) is 5.73 Å². The second-order valence-electron chi connectivity index (χ2n) is 3.33. The topological polar surface area (TPSA) is 43.1 Å². The number of unbranched alkanes of at least 4 members (excludes halogenated alkanes) is 1. The summed E-state index contributed by atoms with van der Waals surface area (Å²) in [6.07, 6.45) is 6.74. The summed E-state index contributed by atoms with van der Waals surface area (Å²) in [4.78, 5) is 11.7. The van der Waals surface area contributed by atoms with Crippen LogP contribution in [0.4, 0.5) is 5.69 Å². The Hall–Kier alpha value is -1.17. The molecule has 0 aliphatic carbocycles. The number of nitrogens with two attached hydrogens (primary N) is 1. The minimum absolute atomic E-state index is 0.0287. The molecule has 1 aromatic rings. The molecule has 0 fully saturated rings. The first-order chi connectivity index (χ1) is 7.56. The maximum atomic E-state index is 11.7. The molecule has 0 spiro atoms. The minimum atomic E-state index is -0.0287. The van der Waals surface area contributed by atoms with Crippen molar-refractivity contribution in [3.05, 3.63) is 27.7 Å². The summed E-state index contributed by atoms with van der Waals surface area (Å²) in [5.41, 5.74) is 6.34. The van der Waals surface area contributed by atoms with E-state index in [4.69, 9.17) is 35.4 Å². The summed E-state index contributed by atoms with van der Waals surface area (Å²) in [5.74, 6) is 2.45. The molecule has 0 saturated carbocycles. The number of hydrogen-bond acceptors (Lipinski definition) is 2. The van der Waals surface area contributed by atoms with Crippen LogP contribution in [0, 0.1) is 12.3 Å².